The standard InChI is InChI=1S/C12H6ClF3N2O2/c13-9-1-5(12(19)20)2-10(17-9)18-11-7(15)3-6(14)4-8(11)16/h1-4H,(H,17,18)(H,19,20). The zero-order valence-corrected chi connectivity index (χ0v) is 10.4. The average Bonchev–Trinajstić information content (AvgIpc) is 2.33. The van der Waals surface area contributed by atoms with Crippen molar-refractivity contribution in [3.63, 3.8) is 0 Å². The number of anilines is 2. The van der Waals surface area contributed by atoms with Crippen LogP contribution >= 0.6 is 11.6 Å². The summed E-state index contributed by atoms with van der Waals surface area (Å²) in [6.45, 7) is 0. The second kappa shape index (κ2) is 5.38. The molecule has 1 aromatic heterocycles. The highest BCUT2D eigenvalue weighted by Crippen LogP contribution is 2.25. The number of halogens is 4. The quantitative estimate of drug-likeness (QED) is 0.851. The molecular formula is C12H6ClF3N2O2. The van der Waals surface area contributed by atoms with Crippen LogP contribution in [0.25, 0.3) is 0 Å². The Morgan fingerprint density at radius 2 is 1.75 bits per heavy atom. The number of carboxylic acids is 1. The van der Waals surface area contributed by atoms with Crippen LogP contribution in [0.5, 0.6) is 0 Å². The highest BCUT2D eigenvalue weighted by Gasteiger charge is 2.14. The van der Waals surface area contributed by atoms with Gasteiger partial charge >= 0.3 is 5.97 Å². The van der Waals surface area contributed by atoms with E-state index >= 15 is 0 Å². The number of hydrogen-bond donors (Lipinski definition) is 2. The van der Waals surface area contributed by atoms with Gasteiger partial charge in [0.25, 0.3) is 0 Å². The fourth-order valence-corrected chi connectivity index (χ4v) is 1.68. The normalized spacial score (nSPS) is 10.4. The highest BCUT2D eigenvalue weighted by atomic mass is 35.5. The molecule has 0 aliphatic carbocycles. The number of rotatable bonds is 3. The first kappa shape index (κ1) is 14.1. The molecule has 0 unspecified atom stereocenters. The van der Waals surface area contributed by atoms with Crippen LogP contribution in [0.4, 0.5) is 24.7 Å². The van der Waals surface area contributed by atoms with Crippen molar-refractivity contribution in [2.45, 2.75) is 0 Å². The Balaban J connectivity index is 2.42. The lowest BCUT2D eigenvalue weighted by Gasteiger charge is -2.09. The fraction of sp³-hybridized carbons (Fsp3) is 0. The fourth-order valence-electron chi connectivity index (χ4n) is 1.47. The zero-order chi connectivity index (χ0) is 14.9. The number of carboxylic acid groups (broad SMARTS) is 1. The van der Waals surface area contributed by atoms with Crippen LogP contribution < -0.4 is 5.32 Å². The van der Waals surface area contributed by atoms with E-state index in [0.29, 0.717) is 12.1 Å². The Bertz CT molecular complexity index is 671. The topological polar surface area (TPSA) is 62.2 Å². The third kappa shape index (κ3) is 3.00. The van der Waals surface area contributed by atoms with Crippen LogP contribution in [0.1, 0.15) is 10.4 Å². The van der Waals surface area contributed by atoms with Crippen molar-refractivity contribution in [2.75, 3.05) is 5.32 Å². The first-order valence-electron chi connectivity index (χ1n) is 5.19. The second-order valence-electron chi connectivity index (χ2n) is 3.74. The highest BCUT2D eigenvalue weighted by molar-refractivity contribution is 6.29. The molecule has 20 heavy (non-hydrogen) atoms. The largest absolute Gasteiger partial charge is 0.478 e. The third-order valence-corrected chi connectivity index (χ3v) is 2.49. The molecule has 0 aliphatic rings. The maximum absolute atomic E-state index is 13.4. The molecule has 1 aromatic carbocycles. The molecule has 2 N–H and O–H groups in total. The minimum atomic E-state index is -1.28. The van der Waals surface area contributed by atoms with Crippen LogP contribution in [-0.4, -0.2) is 16.1 Å². The number of benzene rings is 1. The lowest BCUT2D eigenvalue weighted by Crippen LogP contribution is -2.03. The third-order valence-electron chi connectivity index (χ3n) is 2.30. The Morgan fingerprint density at radius 1 is 1.15 bits per heavy atom. The molecular weight excluding hydrogens is 297 g/mol. The Kier molecular flexibility index (Phi) is 3.80. The molecule has 0 saturated carbocycles. The van der Waals surface area contributed by atoms with Crippen molar-refractivity contribution >= 4 is 29.1 Å². The predicted molar refractivity (Wildman–Crippen MR) is 65.8 cm³/mol. The zero-order valence-electron chi connectivity index (χ0n) is 9.62. The summed E-state index contributed by atoms with van der Waals surface area (Å²) in [7, 11) is 0. The van der Waals surface area contributed by atoms with E-state index in [9.17, 15) is 18.0 Å². The van der Waals surface area contributed by atoms with Crippen molar-refractivity contribution in [3.05, 3.63) is 52.4 Å². The first-order chi connectivity index (χ1) is 9.36. The summed E-state index contributed by atoms with van der Waals surface area (Å²) < 4.78 is 39.6. The van der Waals surface area contributed by atoms with Crippen molar-refractivity contribution in [1.82, 2.24) is 4.98 Å². The van der Waals surface area contributed by atoms with Crippen molar-refractivity contribution < 1.29 is 23.1 Å². The lowest BCUT2D eigenvalue weighted by atomic mass is 10.2. The first-order valence-corrected chi connectivity index (χ1v) is 5.57. The van der Waals surface area contributed by atoms with Crippen molar-refractivity contribution in [1.29, 1.82) is 0 Å². The number of hydrogen-bond acceptors (Lipinski definition) is 3. The number of carbonyl (C=O) groups is 1. The van der Waals surface area contributed by atoms with Gasteiger partial charge < -0.3 is 10.4 Å². The number of pyridine rings is 1. The summed E-state index contributed by atoms with van der Waals surface area (Å²) >= 11 is 5.60. The monoisotopic (exact) mass is 302 g/mol. The molecule has 0 amide bonds. The van der Waals surface area contributed by atoms with Crippen molar-refractivity contribution in [3.8, 4) is 0 Å². The van der Waals surface area contributed by atoms with Gasteiger partial charge in [-0.05, 0) is 12.1 Å². The van der Waals surface area contributed by atoms with Gasteiger partial charge in [-0.15, -0.1) is 0 Å². The van der Waals surface area contributed by atoms with Gasteiger partial charge in [-0.1, -0.05) is 11.6 Å². The average molecular weight is 303 g/mol. The van der Waals surface area contributed by atoms with Crippen molar-refractivity contribution in [2.24, 2.45) is 0 Å². The minimum Gasteiger partial charge on any atom is -0.478 e. The van der Waals surface area contributed by atoms with E-state index < -0.39 is 29.1 Å². The van der Waals surface area contributed by atoms with Crippen LogP contribution in [0.2, 0.25) is 5.15 Å². The van der Waals surface area contributed by atoms with Crippen LogP contribution in [0.3, 0.4) is 0 Å². The smallest absolute Gasteiger partial charge is 0.335 e. The summed E-state index contributed by atoms with van der Waals surface area (Å²) in [4.78, 5) is 14.5. The van der Waals surface area contributed by atoms with Crippen LogP contribution in [0.15, 0.2) is 24.3 Å². The number of aromatic carboxylic acids is 1. The second-order valence-corrected chi connectivity index (χ2v) is 4.13. The van der Waals surface area contributed by atoms with Gasteiger partial charge in [-0.25, -0.2) is 22.9 Å². The molecule has 0 saturated heterocycles. The van der Waals surface area contributed by atoms with Gasteiger partial charge in [0, 0.05) is 12.1 Å². The number of nitrogens with one attached hydrogen (secondary N) is 1. The van der Waals surface area contributed by atoms with Crippen LogP contribution in [-0.2, 0) is 0 Å². The number of nitrogens with zero attached hydrogens (tertiary/aromatic N) is 1. The van der Waals surface area contributed by atoms with Crippen LogP contribution in [0, 0.1) is 17.5 Å². The molecule has 2 aromatic rings. The Morgan fingerprint density at radius 3 is 2.30 bits per heavy atom. The Labute approximate surface area is 115 Å². The molecule has 0 fully saturated rings. The van der Waals surface area contributed by atoms with Gasteiger partial charge in [0.2, 0.25) is 0 Å². The molecule has 0 radical (unpaired) electrons. The maximum Gasteiger partial charge on any atom is 0.335 e. The summed E-state index contributed by atoms with van der Waals surface area (Å²) in [6.07, 6.45) is 0. The lowest BCUT2D eigenvalue weighted by molar-refractivity contribution is 0.0697. The molecule has 8 heteroatoms. The molecule has 4 nitrogen and oxygen atoms in total. The van der Waals surface area contributed by atoms with E-state index in [1.807, 2.05) is 0 Å². The molecule has 104 valence electrons. The SMILES string of the molecule is O=C(O)c1cc(Cl)nc(Nc2c(F)cc(F)cc2F)c1. The molecule has 0 atom stereocenters. The van der Waals surface area contributed by atoms with Gasteiger partial charge in [0.1, 0.15) is 22.5 Å². The van der Waals surface area contributed by atoms with Gasteiger partial charge in [-0.2, -0.15) is 0 Å². The summed E-state index contributed by atoms with van der Waals surface area (Å²) in [5.74, 6) is -4.89. The maximum atomic E-state index is 13.4. The predicted octanol–water partition coefficient (Wildman–Crippen LogP) is 3.59. The van der Waals surface area contributed by atoms with E-state index in [1.165, 1.54) is 0 Å². The van der Waals surface area contributed by atoms with E-state index in [0.717, 1.165) is 12.1 Å². The van der Waals surface area contributed by atoms with E-state index in [-0.39, 0.29) is 16.5 Å². The van der Waals surface area contributed by atoms with Gasteiger partial charge in [0.05, 0.1) is 5.56 Å². The summed E-state index contributed by atoms with van der Waals surface area (Å²) in [6, 6.07) is 3.07. The van der Waals surface area contributed by atoms with E-state index in [1.54, 1.807) is 0 Å². The minimum absolute atomic E-state index is 0.171. The molecule has 0 aliphatic heterocycles. The van der Waals surface area contributed by atoms with E-state index in [2.05, 4.69) is 10.3 Å². The Hall–Kier alpha value is -2.28. The molecule has 0 spiro atoms. The molecule has 1 heterocycles. The summed E-state index contributed by atoms with van der Waals surface area (Å²) in [5, 5.41) is 10.9. The number of aromatic nitrogens is 1. The van der Waals surface area contributed by atoms with Gasteiger partial charge in [0.15, 0.2) is 11.6 Å². The molecule has 0 bridgehead atoms. The van der Waals surface area contributed by atoms with Gasteiger partial charge in [-0.3, -0.25) is 0 Å². The van der Waals surface area contributed by atoms with E-state index in [4.69, 9.17) is 16.7 Å². The molecule has 2 rings (SSSR count). The summed E-state index contributed by atoms with van der Waals surface area (Å²) in [5.41, 5.74) is -0.868.